The number of hydrogen-bond acceptors (Lipinski definition) is 5. The van der Waals surface area contributed by atoms with E-state index in [1.54, 1.807) is 32.0 Å². The van der Waals surface area contributed by atoms with Crippen molar-refractivity contribution >= 4 is 27.2 Å². The molecule has 5 rings (SSSR count). The number of piperidine rings is 1. The minimum atomic E-state index is -0.363. The van der Waals surface area contributed by atoms with E-state index in [1.807, 2.05) is 12.1 Å². The number of phenols is 1. The fourth-order valence-electron chi connectivity index (χ4n) is 4.76. The highest BCUT2D eigenvalue weighted by Gasteiger charge is 2.25. The van der Waals surface area contributed by atoms with Gasteiger partial charge in [-0.15, -0.1) is 11.3 Å². The molecule has 1 aliphatic heterocycles. The number of hydrogen-bond donors (Lipinski definition) is 2. The minimum Gasteiger partial charge on any atom is -0.508 e. The van der Waals surface area contributed by atoms with Crippen LogP contribution in [0.15, 0.2) is 54.6 Å². The Labute approximate surface area is 202 Å². The number of fused-ring (bicyclic) bond motifs is 1. The fourth-order valence-corrected chi connectivity index (χ4v) is 5.87. The normalized spacial score (nSPS) is 16.0. The number of nitrogens with one attached hydrogen (secondary N) is 1. The molecule has 0 aliphatic carbocycles. The third kappa shape index (κ3) is 4.31. The summed E-state index contributed by atoms with van der Waals surface area (Å²) in [6.45, 7) is 5.53. The van der Waals surface area contributed by atoms with Crippen LogP contribution in [0.4, 0.5) is 4.39 Å². The summed E-state index contributed by atoms with van der Waals surface area (Å²) < 4.78 is 20.9. The van der Waals surface area contributed by atoms with Crippen molar-refractivity contribution in [1.29, 1.82) is 0 Å². The molecule has 0 amide bonds. The lowest BCUT2D eigenvalue weighted by Crippen LogP contribution is -2.28. The second kappa shape index (κ2) is 9.20. The Balaban J connectivity index is 1.54. The maximum atomic E-state index is 13.9. The zero-order chi connectivity index (χ0) is 23.8. The molecule has 4 nitrogen and oxygen atoms in total. The van der Waals surface area contributed by atoms with Crippen LogP contribution in [0.5, 0.6) is 17.2 Å². The van der Waals surface area contributed by atoms with Gasteiger partial charge in [0.05, 0.1) is 0 Å². The third-order valence-electron chi connectivity index (χ3n) is 6.43. The Hall–Kier alpha value is -3.22. The second-order valence-corrected chi connectivity index (χ2v) is 9.95. The van der Waals surface area contributed by atoms with Crippen molar-refractivity contribution in [2.75, 3.05) is 13.1 Å². The molecule has 0 spiro atoms. The van der Waals surface area contributed by atoms with Crippen LogP contribution < -0.4 is 10.1 Å². The number of phenolic OH excluding ortho intramolecular Hbond substituents is 1. The lowest BCUT2D eigenvalue weighted by atomic mass is 9.92. The molecule has 34 heavy (non-hydrogen) atoms. The maximum Gasteiger partial charge on any atom is 0.207 e. The first-order chi connectivity index (χ1) is 16.4. The Morgan fingerprint density at radius 3 is 2.50 bits per heavy atom. The van der Waals surface area contributed by atoms with E-state index in [1.165, 1.54) is 41.9 Å². The summed E-state index contributed by atoms with van der Waals surface area (Å²) in [5.74, 6) is 1.14. The Morgan fingerprint density at radius 1 is 1.09 bits per heavy atom. The van der Waals surface area contributed by atoms with Crippen molar-refractivity contribution in [2.45, 2.75) is 32.6 Å². The minimum absolute atomic E-state index is 0.124. The lowest BCUT2D eigenvalue weighted by molar-refractivity contribution is 0.103. The number of carbonyl (C=O) groups excluding carboxylic acids is 1. The molecular weight excluding hydrogens is 449 g/mol. The molecule has 1 aromatic heterocycles. The lowest BCUT2D eigenvalue weighted by Gasteiger charge is -2.23. The van der Waals surface area contributed by atoms with E-state index in [2.05, 4.69) is 17.4 Å². The summed E-state index contributed by atoms with van der Waals surface area (Å²) in [6, 6.07) is 15.8. The fraction of sp³-hybridized carbons (Fsp3) is 0.250. The number of halogens is 1. The van der Waals surface area contributed by atoms with Crippen molar-refractivity contribution in [3.05, 3.63) is 87.5 Å². The Morgan fingerprint density at radius 2 is 1.82 bits per heavy atom. The molecule has 4 aromatic rings. The van der Waals surface area contributed by atoms with Crippen LogP contribution in [0.25, 0.3) is 10.1 Å². The molecule has 1 fully saturated rings. The van der Waals surface area contributed by atoms with E-state index < -0.39 is 0 Å². The van der Waals surface area contributed by atoms with Crippen LogP contribution in [-0.2, 0) is 0 Å². The van der Waals surface area contributed by atoms with Crippen LogP contribution in [0.1, 0.15) is 50.7 Å². The summed E-state index contributed by atoms with van der Waals surface area (Å²) >= 11 is 1.27. The molecule has 2 N–H and O–H groups in total. The molecule has 6 heteroatoms. The van der Waals surface area contributed by atoms with Gasteiger partial charge in [-0.05, 0) is 98.3 Å². The topological polar surface area (TPSA) is 58.6 Å². The van der Waals surface area contributed by atoms with Crippen molar-refractivity contribution in [2.24, 2.45) is 0 Å². The monoisotopic (exact) mass is 475 g/mol. The van der Waals surface area contributed by atoms with Gasteiger partial charge in [-0.2, -0.15) is 0 Å². The molecule has 0 bridgehead atoms. The van der Waals surface area contributed by atoms with Gasteiger partial charge in [0, 0.05) is 22.2 Å². The number of ether oxygens (including phenoxy) is 1. The molecule has 0 saturated carbocycles. The molecule has 1 atom stereocenters. The van der Waals surface area contributed by atoms with E-state index in [0.717, 1.165) is 23.2 Å². The van der Waals surface area contributed by atoms with Gasteiger partial charge in [0.25, 0.3) is 0 Å². The van der Waals surface area contributed by atoms with Crippen molar-refractivity contribution in [3.8, 4) is 17.2 Å². The highest BCUT2D eigenvalue weighted by atomic mass is 32.1. The average molecular weight is 476 g/mol. The summed E-state index contributed by atoms with van der Waals surface area (Å²) in [7, 11) is 0. The number of benzene rings is 3. The van der Waals surface area contributed by atoms with Crippen LogP contribution in [0.3, 0.4) is 0 Å². The first kappa shape index (κ1) is 22.6. The first-order valence-electron chi connectivity index (χ1n) is 11.5. The number of carbonyl (C=O) groups is 1. The van der Waals surface area contributed by atoms with Crippen molar-refractivity contribution < 1.29 is 19.0 Å². The summed E-state index contributed by atoms with van der Waals surface area (Å²) in [6.07, 6.45) is 2.34. The quantitative estimate of drug-likeness (QED) is 0.310. The first-order valence-corrected chi connectivity index (χ1v) is 12.3. The molecule has 1 saturated heterocycles. The summed E-state index contributed by atoms with van der Waals surface area (Å²) in [4.78, 5) is 14.1. The number of aryl methyl sites for hydroxylation is 2. The summed E-state index contributed by atoms with van der Waals surface area (Å²) in [5.41, 5.74) is 2.91. The van der Waals surface area contributed by atoms with Crippen LogP contribution in [0.2, 0.25) is 0 Å². The van der Waals surface area contributed by atoms with Crippen molar-refractivity contribution in [3.63, 3.8) is 0 Å². The van der Waals surface area contributed by atoms with Gasteiger partial charge in [0.2, 0.25) is 5.78 Å². The molecule has 2 heterocycles. The second-order valence-electron chi connectivity index (χ2n) is 8.90. The van der Waals surface area contributed by atoms with Gasteiger partial charge in [-0.25, -0.2) is 4.39 Å². The zero-order valence-electron chi connectivity index (χ0n) is 19.2. The highest BCUT2D eigenvalue weighted by molar-refractivity contribution is 7.21. The largest absolute Gasteiger partial charge is 0.508 e. The standard InChI is InChI=1S/C28H26FNO3S/c1-16-12-20(29)13-17(2)25(16)26(32)28-27(23-10-7-21(31)14-24(23)34-28)33-22-8-5-18(6-9-22)19-4-3-11-30-15-19/h5-10,12-14,19,30-31H,3-4,11,15H2,1-2H3/t19-/m0/s1. The smallest absolute Gasteiger partial charge is 0.207 e. The van der Waals surface area contributed by atoms with Gasteiger partial charge >= 0.3 is 0 Å². The maximum absolute atomic E-state index is 13.9. The SMILES string of the molecule is Cc1cc(F)cc(C)c1C(=O)c1sc2cc(O)ccc2c1Oc1ccc([C@H]2CCCNC2)cc1. The molecule has 174 valence electrons. The van der Waals surface area contributed by atoms with Crippen LogP contribution in [0, 0.1) is 19.7 Å². The third-order valence-corrected chi connectivity index (χ3v) is 7.56. The zero-order valence-corrected chi connectivity index (χ0v) is 20.0. The number of rotatable bonds is 5. The van der Waals surface area contributed by atoms with E-state index in [0.29, 0.717) is 39.0 Å². The summed E-state index contributed by atoms with van der Waals surface area (Å²) in [5, 5.41) is 14.2. The van der Waals surface area contributed by atoms with Gasteiger partial charge in [-0.1, -0.05) is 12.1 Å². The predicted octanol–water partition coefficient (Wildman–Crippen LogP) is 6.85. The molecule has 1 aliphatic rings. The molecule has 3 aromatic carbocycles. The highest BCUT2D eigenvalue weighted by Crippen LogP contribution is 2.43. The van der Waals surface area contributed by atoms with Crippen LogP contribution >= 0.6 is 11.3 Å². The number of ketones is 1. The Kier molecular flexibility index (Phi) is 6.11. The molecule has 0 radical (unpaired) electrons. The molecular formula is C28H26FNO3S. The van der Waals surface area contributed by atoms with E-state index in [4.69, 9.17) is 4.74 Å². The predicted molar refractivity (Wildman–Crippen MR) is 134 cm³/mol. The van der Waals surface area contributed by atoms with Crippen LogP contribution in [-0.4, -0.2) is 24.0 Å². The van der Waals surface area contributed by atoms with E-state index in [-0.39, 0.29) is 17.3 Å². The molecule has 0 unspecified atom stereocenters. The number of thiophene rings is 1. The Bertz CT molecular complexity index is 1350. The number of aromatic hydroxyl groups is 1. The van der Waals surface area contributed by atoms with E-state index in [9.17, 15) is 14.3 Å². The van der Waals surface area contributed by atoms with Gasteiger partial charge in [-0.3, -0.25) is 4.79 Å². The average Bonchev–Trinajstić information content (AvgIpc) is 3.16. The van der Waals surface area contributed by atoms with Crippen molar-refractivity contribution in [1.82, 2.24) is 5.32 Å². The van der Waals surface area contributed by atoms with Gasteiger partial charge < -0.3 is 15.2 Å². The van der Waals surface area contributed by atoms with E-state index >= 15 is 0 Å². The van der Waals surface area contributed by atoms with Gasteiger partial charge in [0.15, 0.2) is 5.75 Å². The van der Waals surface area contributed by atoms with Gasteiger partial charge in [0.1, 0.15) is 22.2 Å².